The minimum absolute atomic E-state index is 0.00478. The van der Waals surface area contributed by atoms with Gasteiger partial charge in [0.2, 0.25) is 0 Å². The van der Waals surface area contributed by atoms with E-state index in [0.717, 1.165) is 57.8 Å². The molecule has 0 fully saturated rings. The predicted octanol–water partition coefficient (Wildman–Crippen LogP) is 6.73. The van der Waals surface area contributed by atoms with Crippen molar-refractivity contribution in [3.63, 3.8) is 0 Å². The molecule has 0 aromatic carbocycles. The number of unbranched alkanes of at least 4 members (excludes halogenated alkanes) is 5. The molecule has 0 aliphatic heterocycles. The topological polar surface area (TPSA) is 102 Å². The van der Waals surface area contributed by atoms with Crippen molar-refractivity contribution in [2.45, 2.75) is 109 Å². The zero-order valence-electron chi connectivity index (χ0n) is 29.2. The second kappa shape index (κ2) is 29.2. The highest BCUT2D eigenvalue weighted by Crippen LogP contribution is 2.11. The van der Waals surface area contributed by atoms with Crippen LogP contribution in [0.5, 0.6) is 0 Å². The Kier molecular flexibility index (Phi) is 27.1. The molecular formula is C38H61NO7. The number of carbonyl (C=O) groups excluding carboxylic acids is 3. The molecule has 0 aliphatic carbocycles. The quantitative estimate of drug-likeness (QED) is 0.0306. The number of hydrogen-bond acceptors (Lipinski definition) is 7. The average Bonchev–Trinajstić information content (AvgIpc) is 3.00. The highest BCUT2D eigenvalue weighted by atomic mass is 16.6. The van der Waals surface area contributed by atoms with Gasteiger partial charge in [0.25, 0.3) is 0 Å². The summed E-state index contributed by atoms with van der Waals surface area (Å²) >= 11 is 0. The number of quaternary nitrogens is 1. The predicted molar refractivity (Wildman–Crippen MR) is 185 cm³/mol. The SMILES string of the molecule is CC/C=C/C=C/C=C/C=C/CCCCCCCC(=O)OCC(COCCC(C(=O)[O-])[N+](C)(C)C)OC(=O)CC/C=C/C/C=C/CC. The Labute approximate surface area is 279 Å². The van der Waals surface area contributed by atoms with Crippen LogP contribution in [0.25, 0.3) is 0 Å². The van der Waals surface area contributed by atoms with E-state index >= 15 is 0 Å². The van der Waals surface area contributed by atoms with Gasteiger partial charge in [0.05, 0.1) is 40.3 Å². The van der Waals surface area contributed by atoms with Gasteiger partial charge < -0.3 is 28.6 Å². The summed E-state index contributed by atoms with van der Waals surface area (Å²) in [7, 11) is 5.34. The normalized spacial score (nSPS) is 14.0. The van der Waals surface area contributed by atoms with E-state index < -0.39 is 24.1 Å². The van der Waals surface area contributed by atoms with Crippen molar-refractivity contribution in [2.75, 3.05) is 41.0 Å². The Bertz CT molecular complexity index is 985. The first-order chi connectivity index (χ1) is 22.1. The largest absolute Gasteiger partial charge is 0.544 e. The van der Waals surface area contributed by atoms with Crippen LogP contribution in [-0.4, -0.2) is 75.5 Å². The van der Waals surface area contributed by atoms with Crippen molar-refractivity contribution in [2.24, 2.45) is 0 Å². The summed E-state index contributed by atoms with van der Waals surface area (Å²) in [5.74, 6) is -1.88. The van der Waals surface area contributed by atoms with Crippen LogP contribution < -0.4 is 5.11 Å². The number of rotatable bonds is 28. The lowest BCUT2D eigenvalue weighted by atomic mass is 10.1. The third-order valence-corrected chi connectivity index (χ3v) is 6.95. The van der Waals surface area contributed by atoms with Gasteiger partial charge in [0, 0.05) is 19.3 Å². The van der Waals surface area contributed by atoms with Crippen LogP contribution in [0, 0.1) is 0 Å². The Morgan fingerprint density at radius 1 is 0.674 bits per heavy atom. The lowest BCUT2D eigenvalue weighted by molar-refractivity contribution is -0.889. The first-order valence-electron chi connectivity index (χ1n) is 17.0. The maximum atomic E-state index is 12.5. The molecule has 8 nitrogen and oxygen atoms in total. The number of aliphatic carboxylic acids is 1. The number of allylic oxidation sites excluding steroid dienone is 12. The summed E-state index contributed by atoms with van der Waals surface area (Å²) in [6, 6.07) is -0.739. The zero-order chi connectivity index (χ0) is 34.3. The first-order valence-corrected chi connectivity index (χ1v) is 17.0. The molecule has 0 saturated heterocycles. The molecule has 0 rings (SSSR count). The molecule has 0 aromatic rings. The van der Waals surface area contributed by atoms with Crippen LogP contribution >= 0.6 is 0 Å². The molecule has 2 atom stereocenters. The van der Waals surface area contributed by atoms with Crippen molar-refractivity contribution in [1.29, 1.82) is 0 Å². The highest BCUT2D eigenvalue weighted by molar-refractivity contribution is 5.70. The van der Waals surface area contributed by atoms with Crippen LogP contribution in [0.1, 0.15) is 97.3 Å². The average molecular weight is 644 g/mol. The van der Waals surface area contributed by atoms with E-state index in [1.54, 1.807) is 21.1 Å². The molecule has 0 aliphatic rings. The monoisotopic (exact) mass is 643 g/mol. The van der Waals surface area contributed by atoms with E-state index in [0.29, 0.717) is 12.8 Å². The number of nitrogens with zero attached hydrogens (tertiary/aromatic N) is 1. The molecule has 0 spiro atoms. The summed E-state index contributed by atoms with van der Waals surface area (Å²) in [5.41, 5.74) is 0. The maximum absolute atomic E-state index is 12.5. The molecule has 0 amide bonds. The lowest BCUT2D eigenvalue weighted by Gasteiger charge is -2.34. The molecule has 8 heteroatoms. The zero-order valence-corrected chi connectivity index (χ0v) is 29.2. The number of carboxylic acids is 1. The molecule has 0 aromatic heterocycles. The number of carbonyl (C=O) groups is 3. The van der Waals surface area contributed by atoms with Gasteiger partial charge in [-0.3, -0.25) is 9.59 Å². The minimum atomic E-state index is -1.14. The van der Waals surface area contributed by atoms with E-state index in [9.17, 15) is 19.5 Å². The van der Waals surface area contributed by atoms with Gasteiger partial charge in [-0.1, -0.05) is 106 Å². The van der Waals surface area contributed by atoms with Crippen LogP contribution in [0.2, 0.25) is 0 Å². The van der Waals surface area contributed by atoms with Crippen molar-refractivity contribution in [3.8, 4) is 0 Å². The molecular weight excluding hydrogens is 582 g/mol. The number of carboxylic acid groups (broad SMARTS) is 1. The fourth-order valence-corrected chi connectivity index (χ4v) is 4.31. The molecule has 2 unspecified atom stereocenters. The third kappa shape index (κ3) is 27.1. The summed E-state index contributed by atoms with van der Waals surface area (Å²) in [4.78, 5) is 36.4. The molecule has 0 bridgehead atoms. The van der Waals surface area contributed by atoms with Crippen LogP contribution in [-0.2, 0) is 28.6 Å². The van der Waals surface area contributed by atoms with Crippen molar-refractivity contribution >= 4 is 17.9 Å². The molecule has 260 valence electrons. The smallest absolute Gasteiger partial charge is 0.306 e. The lowest BCUT2D eigenvalue weighted by Crippen LogP contribution is -2.55. The van der Waals surface area contributed by atoms with Gasteiger partial charge in [0.1, 0.15) is 12.6 Å². The van der Waals surface area contributed by atoms with E-state index in [1.165, 1.54) is 0 Å². The van der Waals surface area contributed by atoms with Gasteiger partial charge >= 0.3 is 11.9 Å². The molecule has 0 radical (unpaired) electrons. The van der Waals surface area contributed by atoms with E-state index in [1.807, 2.05) is 42.5 Å². The highest BCUT2D eigenvalue weighted by Gasteiger charge is 2.25. The van der Waals surface area contributed by atoms with Gasteiger partial charge in [-0.25, -0.2) is 0 Å². The fraction of sp³-hybridized carbons (Fsp3) is 0.605. The van der Waals surface area contributed by atoms with Crippen LogP contribution in [0.15, 0.2) is 72.9 Å². The van der Waals surface area contributed by atoms with Gasteiger partial charge in [-0.15, -0.1) is 0 Å². The minimum Gasteiger partial charge on any atom is -0.544 e. The van der Waals surface area contributed by atoms with Gasteiger partial charge in [-0.2, -0.15) is 0 Å². The number of hydrogen-bond donors (Lipinski definition) is 0. The number of esters is 2. The van der Waals surface area contributed by atoms with E-state index in [2.05, 4.69) is 44.2 Å². The van der Waals surface area contributed by atoms with Crippen molar-refractivity contribution < 1.29 is 38.2 Å². The third-order valence-electron chi connectivity index (χ3n) is 6.95. The second-order valence-corrected chi connectivity index (χ2v) is 12.1. The van der Waals surface area contributed by atoms with Crippen LogP contribution in [0.3, 0.4) is 0 Å². The summed E-state index contributed by atoms with van der Waals surface area (Å²) in [6.07, 6.45) is 34.0. The first kappa shape index (κ1) is 42.8. The molecule has 0 saturated carbocycles. The Morgan fingerprint density at radius 2 is 1.30 bits per heavy atom. The van der Waals surface area contributed by atoms with Crippen molar-refractivity contribution in [3.05, 3.63) is 72.9 Å². The Morgan fingerprint density at radius 3 is 1.98 bits per heavy atom. The Balaban J connectivity index is 4.50. The van der Waals surface area contributed by atoms with Gasteiger partial charge in [-0.05, 0) is 44.9 Å². The standard InChI is InChI=1S/C38H61NO7/c1-6-8-10-12-14-15-16-17-18-19-20-21-23-24-26-28-36(40)45-33-34(32-44-31-30-35(38(42)43)39(3,4)5)46-37(41)29-27-25-22-13-11-9-7-2/h8-12,14-18,22,25,34-35H,6-7,13,19-21,23-24,26-33H2,1-5H3/b10-8+,11-9+,14-12+,16-15+,18-17+,25-22+. The number of likely N-dealkylation sites (N-methyl/N-ethyl adjacent to an activating group) is 1. The summed E-state index contributed by atoms with van der Waals surface area (Å²) in [5, 5.41) is 11.5. The number of ether oxygens (including phenoxy) is 3. The van der Waals surface area contributed by atoms with Gasteiger partial charge in [0.15, 0.2) is 6.10 Å². The van der Waals surface area contributed by atoms with E-state index in [4.69, 9.17) is 14.2 Å². The summed E-state index contributed by atoms with van der Waals surface area (Å²) in [6.45, 7) is 4.23. The van der Waals surface area contributed by atoms with E-state index in [-0.39, 0.29) is 43.1 Å². The van der Waals surface area contributed by atoms with Crippen molar-refractivity contribution in [1.82, 2.24) is 0 Å². The van der Waals surface area contributed by atoms with Crippen LogP contribution in [0.4, 0.5) is 0 Å². The molecule has 46 heavy (non-hydrogen) atoms. The molecule has 0 heterocycles. The second-order valence-electron chi connectivity index (χ2n) is 12.1. The Hall–Kier alpha value is -3.23. The summed E-state index contributed by atoms with van der Waals surface area (Å²) < 4.78 is 16.9. The maximum Gasteiger partial charge on any atom is 0.306 e. The molecule has 0 N–H and O–H groups in total. The fourth-order valence-electron chi connectivity index (χ4n) is 4.31.